The third-order valence-electron chi connectivity index (χ3n) is 6.83. The van der Waals surface area contributed by atoms with E-state index in [0.29, 0.717) is 11.7 Å². The Morgan fingerprint density at radius 1 is 0.615 bits per heavy atom. The lowest BCUT2D eigenvalue weighted by molar-refractivity contribution is -0.384. The van der Waals surface area contributed by atoms with Gasteiger partial charge in [0, 0.05) is 17.7 Å². The van der Waals surface area contributed by atoms with Crippen LogP contribution in [0.3, 0.4) is 0 Å². The molecule has 5 rings (SSSR count). The Balaban J connectivity index is 1.67. The summed E-state index contributed by atoms with van der Waals surface area (Å²) in [5, 5.41) is 16.1. The molecule has 0 aromatic heterocycles. The van der Waals surface area contributed by atoms with Crippen molar-refractivity contribution in [1.29, 1.82) is 0 Å². The van der Waals surface area contributed by atoms with Crippen molar-refractivity contribution in [2.24, 2.45) is 0 Å². The minimum atomic E-state index is -2.30. The quantitative estimate of drug-likeness (QED) is 0.0862. The first kappa shape index (κ1) is 26.6. The van der Waals surface area contributed by atoms with Crippen molar-refractivity contribution in [2.75, 3.05) is 12.1 Å². The van der Waals surface area contributed by atoms with Crippen LogP contribution in [0.2, 0.25) is 0 Å². The Kier molecular flexibility index (Phi) is 8.37. The van der Waals surface area contributed by atoms with Crippen molar-refractivity contribution in [2.45, 2.75) is 0 Å². The van der Waals surface area contributed by atoms with Crippen LogP contribution in [-0.4, -0.2) is 22.8 Å². The SMILES string of the molecule is O=C(C[P+](CP(c1ccccc1)c1ccccc1)(c1ccccc1)c1ccccc1)c1ccc([N+](=O)[O-])cc1. The van der Waals surface area contributed by atoms with Crippen LogP contribution >= 0.6 is 15.2 Å². The second-order valence-corrected chi connectivity index (χ2v) is 15.6. The average molecular weight is 549 g/mol. The first-order valence-electron chi connectivity index (χ1n) is 12.7. The second kappa shape index (κ2) is 12.3. The molecular formula is C33H28NO3P2+. The molecule has 0 amide bonds. The molecule has 5 aromatic rings. The Labute approximate surface area is 230 Å². The van der Waals surface area contributed by atoms with E-state index >= 15 is 0 Å². The Hall–Kier alpha value is -3.97. The van der Waals surface area contributed by atoms with Crippen molar-refractivity contribution < 1.29 is 9.72 Å². The number of benzene rings is 5. The number of rotatable bonds is 10. The molecule has 0 bridgehead atoms. The summed E-state index contributed by atoms with van der Waals surface area (Å²) in [7, 11) is -3.09. The molecule has 6 heteroatoms. The van der Waals surface area contributed by atoms with Gasteiger partial charge in [-0.1, -0.05) is 97.1 Å². The number of nitro benzene ring substituents is 1. The number of Topliss-reactive ketones (excluding diaryl/α,β-unsaturated/α-hetero) is 1. The van der Waals surface area contributed by atoms with Crippen LogP contribution in [0.15, 0.2) is 146 Å². The average Bonchev–Trinajstić information content (AvgIpc) is 3.01. The molecule has 39 heavy (non-hydrogen) atoms. The molecule has 192 valence electrons. The number of carbonyl (C=O) groups is 1. The maximum Gasteiger partial charge on any atom is 0.269 e. The van der Waals surface area contributed by atoms with E-state index in [1.165, 1.54) is 33.4 Å². The first-order valence-corrected chi connectivity index (χ1v) is 16.4. The summed E-state index contributed by atoms with van der Waals surface area (Å²) in [6.07, 6.45) is 0.345. The van der Waals surface area contributed by atoms with E-state index in [1.807, 2.05) is 24.3 Å². The van der Waals surface area contributed by atoms with Gasteiger partial charge >= 0.3 is 0 Å². The van der Waals surface area contributed by atoms with Gasteiger partial charge in [-0.3, -0.25) is 14.9 Å². The highest BCUT2D eigenvalue weighted by atomic mass is 31.2. The van der Waals surface area contributed by atoms with Gasteiger partial charge in [0.05, 0.1) is 18.1 Å². The van der Waals surface area contributed by atoms with Gasteiger partial charge in [0.2, 0.25) is 5.78 Å². The molecule has 0 aliphatic carbocycles. The lowest BCUT2D eigenvalue weighted by Crippen LogP contribution is -2.32. The van der Waals surface area contributed by atoms with Crippen molar-refractivity contribution in [3.05, 3.63) is 161 Å². The van der Waals surface area contributed by atoms with Crippen molar-refractivity contribution in [3.63, 3.8) is 0 Å². The molecule has 0 spiro atoms. The summed E-state index contributed by atoms with van der Waals surface area (Å²) in [6.45, 7) is 0. The van der Waals surface area contributed by atoms with Crippen LogP contribution in [0, 0.1) is 10.1 Å². The summed E-state index contributed by atoms with van der Waals surface area (Å²) in [4.78, 5) is 24.8. The van der Waals surface area contributed by atoms with E-state index in [0.717, 1.165) is 5.90 Å². The normalized spacial score (nSPS) is 11.3. The van der Waals surface area contributed by atoms with Gasteiger partial charge in [0.25, 0.3) is 5.69 Å². The fourth-order valence-corrected chi connectivity index (χ4v) is 14.0. The van der Waals surface area contributed by atoms with Crippen molar-refractivity contribution in [1.82, 2.24) is 0 Å². The molecule has 0 aliphatic rings. The molecule has 0 heterocycles. The van der Waals surface area contributed by atoms with Gasteiger partial charge in [0.15, 0.2) is 0 Å². The minimum Gasteiger partial charge on any atom is -0.290 e. The molecule has 0 unspecified atom stereocenters. The monoisotopic (exact) mass is 548 g/mol. The smallest absolute Gasteiger partial charge is 0.269 e. The lowest BCUT2D eigenvalue weighted by Gasteiger charge is -2.31. The summed E-state index contributed by atoms with van der Waals surface area (Å²) >= 11 is 0. The van der Waals surface area contributed by atoms with Crippen LogP contribution in [0.4, 0.5) is 5.69 Å². The fraction of sp³-hybridized carbons (Fsp3) is 0.0606. The van der Waals surface area contributed by atoms with Crippen LogP contribution in [0.5, 0.6) is 0 Å². The Bertz CT molecular complexity index is 1450. The van der Waals surface area contributed by atoms with Crippen molar-refractivity contribution >= 4 is 47.9 Å². The van der Waals surface area contributed by atoms with Gasteiger partial charge in [-0.25, -0.2) is 0 Å². The zero-order valence-corrected chi connectivity index (χ0v) is 23.1. The predicted molar refractivity (Wildman–Crippen MR) is 165 cm³/mol. The zero-order valence-electron chi connectivity index (χ0n) is 21.3. The van der Waals surface area contributed by atoms with E-state index in [1.54, 1.807) is 12.1 Å². The second-order valence-electron chi connectivity index (χ2n) is 9.26. The van der Waals surface area contributed by atoms with Gasteiger partial charge in [-0.2, -0.15) is 0 Å². The molecule has 4 nitrogen and oxygen atoms in total. The van der Waals surface area contributed by atoms with Crippen molar-refractivity contribution in [3.8, 4) is 0 Å². The highest BCUT2D eigenvalue weighted by molar-refractivity contribution is 7.99. The largest absolute Gasteiger partial charge is 0.290 e. The standard InChI is InChI=1S/C33H28NO3P2/c35-33(27-21-23-28(24-22-27)34(36)37)25-39(31-17-9-3-10-18-31,32-19-11-4-12-20-32)26-38(29-13-5-1-6-14-29)30-15-7-2-8-16-30/h1-24H,25-26H2/q+1. The van der Waals surface area contributed by atoms with Gasteiger partial charge in [-0.15, -0.1) is 0 Å². The number of hydrogen-bond donors (Lipinski definition) is 0. The predicted octanol–water partition coefficient (Wildman–Crippen LogP) is 6.54. The maximum atomic E-state index is 14.0. The number of carbonyl (C=O) groups excluding carboxylic acids is 1. The molecule has 0 saturated carbocycles. The Morgan fingerprint density at radius 3 is 1.44 bits per heavy atom. The van der Waals surface area contributed by atoms with Crippen LogP contribution in [0.1, 0.15) is 10.4 Å². The molecule has 0 fully saturated rings. The first-order chi connectivity index (χ1) is 19.1. The fourth-order valence-electron chi connectivity index (χ4n) is 4.85. The topological polar surface area (TPSA) is 60.2 Å². The molecular weight excluding hydrogens is 520 g/mol. The third kappa shape index (κ3) is 6.04. The number of nitrogens with zero attached hydrogens (tertiary/aromatic N) is 1. The summed E-state index contributed by atoms with van der Waals surface area (Å²) in [5.41, 5.74) is 0.482. The Morgan fingerprint density at radius 2 is 1.03 bits per heavy atom. The van der Waals surface area contributed by atoms with Gasteiger partial charge in [-0.05, 0) is 54.9 Å². The minimum absolute atomic E-state index is 0.00186. The van der Waals surface area contributed by atoms with Crippen LogP contribution < -0.4 is 21.2 Å². The van der Waals surface area contributed by atoms with E-state index in [-0.39, 0.29) is 11.5 Å². The summed E-state index contributed by atoms with van der Waals surface area (Å²) in [5.74, 6) is 0.838. The molecule has 0 aliphatic heterocycles. The molecule has 0 N–H and O–H groups in total. The molecule has 0 saturated heterocycles. The lowest BCUT2D eigenvalue weighted by atomic mass is 10.1. The number of ketones is 1. The number of nitro groups is 1. The highest BCUT2D eigenvalue weighted by Gasteiger charge is 2.47. The number of hydrogen-bond acceptors (Lipinski definition) is 3. The molecule has 5 aromatic carbocycles. The van der Waals surface area contributed by atoms with Gasteiger partial charge < -0.3 is 0 Å². The van der Waals surface area contributed by atoms with Crippen LogP contribution in [-0.2, 0) is 0 Å². The van der Waals surface area contributed by atoms with E-state index in [2.05, 4.69) is 97.1 Å². The summed E-state index contributed by atoms with van der Waals surface area (Å²) in [6, 6.07) is 48.1. The molecule has 0 radical (unpaired) electrons. The van der Waals surface area contributed by atoms with E-state index in [4.69, 9.17) is 0 Å². The zero-order chi connectivity index (χ0) is 27.1. The van der Waals surface area contributed by atoms with Gasteiger partial charge in [0.1, 0.15) is 16.8 Å². The maximum absolute atomic E-state index is 14.0. The van der Waals surface area contributed by atoms with E-state index in [9.17, 15) is 14.9 Å². The van der Waals surface area contributed by atoms with E-state index < -0.39 is 20.1 Å². The summed E-state index contributed by atoms with van der Waals surface area (Å²) < 4.78 is 0. The third-order valence-corrected chi connectivity index (χ3v) is 15.1. The molecule has 0 atom stereocenters. The van der Waals surface area contributed by atoms with Crippen LogP contribution in [0.25, 0.3) is 0 Å². The highest BCUT2D eigenvalue weighted by Crippen LogP contribution is 2.64. The number of non-ortho nitro benzene ring substituents is 1.